The minimum Gasteiger partial charge on any atom is -0.398 e. The number of nitrogens with two attached hydrogens (primary N) is 1. The summed E-state index contributed by atoms with van der Waals surface area (Å²) in [5, 5.41) is 3.99. The summed E-state index contributed by atoms with van der Waals surface area (Å²) < 4.78 is 0. The molecule has 0 aliphatic carbocycles. The standard InChI is InChI=1S/C15H14Cl2N2O/c16-11-3-1-2-10(8-11)6-7-19-15(20)13-9-12(17)4-5-14(13)18/h1-5,8-9H,6-7,18H2,(H,19,20). The van der Waals surface area contributed by atoms with Crippen molar-refractivity contribution in [3.05, 3.63) is 63.6 Å². The Kier molecular flexibility index (Phi) is 4.88. The van der Waals surface area contributed by atoms with E-state index in [4.69, 9.17) is 28.9 Å². The van der Waals surface area contributed by atoms with Crippen molar-refractivity contribution in [1.82, 2.24) is 5.32 Å². The molecule has 3 nitrogen and oxygen atoms in total. The smallest absolute Gasteiger partial charge is 0.253 e. The average Bonchev–Trinajstić information content (AvgIpc) is 2.41. The molecule has 0 aliphatic heterocycles. The summed E-state index contributed by atoms with van der Waals surface area (Å²) in [5.41, 5.74) is 7.63. The molecule has 0 spiro atoms. The minimum absolute atomic E-state index is 0.230. The largest absolute Gasteiger partial charge is 0.398 e. The summed E-state index contributed by atoms with van der Waals surface area (Å²) in [5.74, 6) is -0.230. The van der Waals surface area contributed by atoms with E-state index in [1.807, 2.05) is 24.3 Å². The SMILES string of the molecule is Nc1ccc(Cl)cc1C(=O)NCCc1cccc(Cl)c1. The molecule has 0 atom stereocenters. The number of halogens is 2. The molecule has 0 unspecified atom stereocenters. The summed E-state index contributed by atoms with van der Waals surface area (Å²) in [7, 11) is 0. The normalized spacial score (nSPS) is 10.3. The van der Waals surface area contributed by atoms with Gasteiger partial charge in [-0.3, -0.25) is 4.79 Å². The Morgan fingerprint density at radius 1 is 1.10 bits per heavy atom. The van der Waals surface area contributed by atoms with E-state index in [2.05, 4.69) is 5.32 Å². The summed E-state index contributed by atoms with van der Waals surface area (Å²) in [6.07, 6.45) is 0.701. The minimum atomic E-state index is -0.230. The monoisotopic (exact) mass is 308 g/mol. The molecular formula is C15H14Cl2N2O. The van der Waals surface area contributed by atoms with Gasteiger partial charge in [0.05, 0.1) is 5.56 Å². The Balaban J connectivity index is 1.94. The number of anilines is 1. The van der Waals surface area contributed by atoms with Crippen molar-refractivity contribution in [3.63, 3.8) is 0 Å². The maximum Gasteiger partial charge on any atom is 0.253 e. The number of nitrogen functional groups attached to an aromatic ring is 1. The molecule has 0 saturated carbocycles. The molecule has 0 aromatic heterocycles. The van der Waals surface area contributed by atoms with Crippen LogP contribution in [0.5, 0.6) is 0 Å². The number of benzene rings is 2. The number of hydrogen-bond donors (Lipinski definition) is 2. The van der Waals surface area contributed by atoms with E-state index in [1.54, 1.807) is 18.2 Å². The van der Waals surface area contributed by atoms with Gasteiger partial charge in [-0.1, -0.05) is 35.3 Å². The first-order chi connectivity index (χ1) is 9.56. The van der Waals surface area contributed by atoms with Gasteiger partial charge in [-0.05, 0) is 42.3 Å². The average molecular weight is 309 g/mol. The Morgan fingerprint density at radius 3 is 2.60 bits per heavy atom. The van der Waals surface area contributed by atoms with Crippen LogP contribution in [-0.2, 0) is 6.42 Å². The quantitative estimate of drug-likeness (QED) is 0.849. The molecular weight excluding hydrogens is 295 g/mol. The van der Waals surface area contributed by atoms with Crippen LogP contribution in [-0.4, -0.2) is 12.5 Å². The molecule has 104 valence electrons. The highest BCUT2D eigenvalue weighted by molar-refractivity contribution is 6.31. The Hall–Kier alpha value is -1.71. The van der Waals surface area contributed by atoms with E-state index in [1.165, 1.54) is 0 Å². The van der Waals surface area contributed by atoms with Crippen LogP contribution in [0, 0.1) is 0 Å². The molecule has 0 heterocycles. The second-order valence-corrected chi connectivity index (χ2v) is 5.24. The molecule has 0 fully saturated rings. The first-order valence-corrected chi connectivity index (χ1v) is 6.89. The van der Waals surface area contributed by atoms with Gasteiger partial charge in [0.25, 0.3) is 5.91 Å². The van der Waals surface area contributed by atoms with Crippen LogP contribution in [0.1, 0.15) is 15.9 Å². The Morgan fingerprint density at radius 2 is 1.85 bits per heavy atom. The lowest BCUT2D eigenvalue weighted by atomic mass is 10.1. The summed E-state index contributed by atoms with van der Waals surface area (Å²) >= 11 is 11.8. The molecule has 3 N–H and O–H groups in total. The van der Waals surface area contributed by atoms with Crippen molar-refractivity contribution < 1.29 is 4.79 Å². The zero-order valence-electron chi connectivity index (χ0n) is 10.7. The molecule has 1 amide bonds. The van der Waals surface area contributed by atoms with Crippen molar-refractivity contribution >= 4 is 34.8 Å². The fourth-order valence-electron chi connectivity index (χ4n) is 1.83. The van der Waals surface area contributed by atoms with E-state index >= 15 is 0 Å². The fraction of sp³-hybridized carbons (Fsp3) is 0.133. The number of carbonyl (C=O) groups is 1. The lowest BCUT2D eigenvalue weighted by Crippen LogP contribution is -2.26. The zero-order chi connectivity index (χ0) is 14.5. The molecule has 0 radical (unpaired) electrons. The van der Waals surface area contributed by atoms with Gasteiger partial charge in [0.1, 0.15) is 0 Å². The number of rotatable bonds is 4. The summed E-state index contributed by atoms with van der Waals surface area (Å²) in [6.45, 7) is 0.505. The van der Waals surface area contributed by atoms with Gasteiger partial charge < -0.3 is 11.1 Å². The van der Waals surface area contributed by atoms with Crippen LogP contribution in [0.25, 0.3) is 0 Å². The number of nitrogens with one attached hydrogen (secondary N) is 1. The van der Waals surface area contributed by atoms with Crippen LogP contribution in [0.4, 0.5) is 5.69 Å². The van der Waals surface area contributed by atoms with E-state index < -0.39 is 0 Å². The molecule has 0 aliphatic rings. The zero-order valence-corrected chi connectivity index (χ0v) is 12.2. The van der Waals surface area contributed by atoms with Crippen molar-refractivity contribution in [2.24, 2.45) is 0 Å². The first-order valence-electron chi connectivity index (χ1n) is 6.14. The van der Waals surface area contributed by atoms with Crippen LogP contribution in [0.2, 0.25) is 10.0 Å². The molecule has 0 saturated heterocycles. The second kappa shape index (κ2) is 6.64. The third-order valence-electron chi connectivity index (χ3n) is 2.85. The maximum absolute atomic E-state index is 12.0. The molecule has 20 heavy (non-hydrogen) atoms. The van der Waals surface area contributed by atoms with Crippen molar-refractivity contribution in [2.75, 3.05) is 12.3 Å². The molecule has 0 bridgehead atoms. The van der Waals surface area contributed by atoms with Gasteiger partial charge >= 0.3 is 0 Å². The van der Waals surface area contributed by atoms with Gasteiger partial charge in [-0.25, -0.2) is 0 Å². The first kappa shape index (κ1) is 14.7. The number of hydrogen-bond acceptors (Lipinski definition) is 2. The van der Waals surface area contributed by atoms with Crippen molar-refractivity contribution in [3.8, 4) is 0 Å². The van der Waals surface area contributed by atoms with Crippen LogP contribution in [0.3, 0.4) is 0 Å². The third kappa shape index (κ3) is 3.89. The van der Waals surface area contributed by atoms with Crippen LogP contribution >= 0.6 is 23.2 Å². The lowest BCUT2D eigenvalue weighted by Gasteiger charge is -2.08. The Labute approximate surface area is 127 Å². The highest BCUT2D eigenvalue weighted by Gasteiger charge is 2.09. The fourth-order valence-corrected chi connectivity index (χ4v) is 2.22. The lowest BCUT2D eigenvalue weighted by molar-refractivity contribution is 0.0955. The van der Waals surface area contributed by atoms with Crippen molar-refractivity contribution in [2.45, 2.75) is 6.42 Å². The predicted octanol–water partition coefficient (Wildman–Crippen LogP) is 3.55. The van der Waals surface area contributed by atoms with Crippen molar-refractivity contribution in [1.29, 1.82) is 0 Å². The van der Waals surface area contributed by atoms with E-state index in [0.29, 0.717) is 34.3 Å². The van der Waals surface area contributed by atoms with Crippen LogP contribution in [0.15, 0.2) is 42.5 Å². The molecule has 2 aromatic rings. The highest BCUT2D eigenvalue weighted by Crippen LogP contribution is 2.17. The third-order valence-corrected chi connectivity index (χ3v) is 3.32. The molecule has 2 rings (SSSR count). The molecule has 5 heteroatoms. The van der Waals surface area contributed by atoms with Gasteiger partial charge in [0.15, 0.2) is 0 Å². The predicted molar refractivity (Wildman–Crippen MR) is 83.4 cm³/mol. The topological polar surface area (TPSA) is 55.1 Å². The number of amides is 1. The summed E-state index contributed by atoms with van der Waals surface area (Å²) in [4.78, 5) is 12.0. The van der Waals surface area contributed by atoms with Gasteiger partial charge in [-0.15, -0.1) is 0 Å². The van der Waals surface area contributed by atoms with E-state index in [-0.39, 0.29) is 5.91 Å². The maximum atomic E-state index is 12.0. The second-order valence-electron chi connectivity index (χ2n) is 4.37. The van der Waals surface area contributed by atoms with Gasteiger partial charge in [-0.2, -0.15) is 0 Å². The molecule has 2 aromatic carbocycles. The van der Waals surface area contributed by atoms with E-state index in [9.17, 15) is 4.79 Å². The van der Waals surface area contributed by atoms with Gasteiger partial charge in [0, 0.05) is 22.3 Å². The Bertz CT molecular complexity index is 629. The number of carbonyl (C=O) groups excluding carboxylic acids is 1. The summed E-state index contributed by atoms with van der Waals surface area (Å²) in [6, 6.07) is 12.4. The van der Waals surface area contributed by atoms with E-state index in [0.717, 1.165) is 5.56 Å². The highest BCUT2D eigenvalue weighted by atomic mass is 35.5. The van der Waals surface area contributed by atoms with Crippen LogP contribution < -0.4 is 11.1 Å². The van der Waals surface area contributed by atoms with Gasteiger partial charge in [0.2, 0.25) is 0 Å².